The number of rotatable bonds is 4. The molecule has 2 aliphatic carbocycles. The van der Waals surface area contributed by atoms with Crippen LogP contribution < -0.4 is 10.2 Å². The highest BCUT2D eigenvalue weighted by atomic mass is 32.2. The van der Waals surface area contributed by atoms with Gasteiger partial charge < -0.3 is 10.3 Å². The molecule has 1 aromatic heterocycles. The predicted octanol–water partition coefficient (Wildman–Crippen LogP) is 4.38. The van der Waals surface area contributed by atoms with Gasteiger partial charge in [0.05, 0.1) is 16.9 Å². The first kappa shape index (κ1) is 24.8. The predicted molar refractivity (Wildman–Crippen MR) is 146 cm³/mol. The standard InChI is InChI=1S/C29H26FN3O4S2/c1-12-3-9-16(10-4-12)31-25(34)13(2)33-27(35)21-17-11-18(22(21)28(33)36)23-20(17)19(14-5-7-15(30)8-6-14)24-26(38-23)32-29(37)39-24/h3-10,13,17-23H,11H2,1-2H3,(H,31,34)(H,32,37). The van der Waals surface area contributed by atoms with Crippen molar-refractivity contribution >= 4 is 46.5 Å². The van der Waals surface area contributed by atoms with E-state index in [-0.39, 0.29) is 51.4 Å². The van der Waals surface area contributed by atoms with Crippen LogP contribution in [0.5, 0.6) is 0 Å². The Bertz CT molecular complexity index is 1570. The molecule has 7 nitrogen and oxygen atoms in total. The fourth-order valence-corrected chi connectivity index (χ4v) is 10.4. The normalized spacial score (nSPS) is 31.2. The van der Waals surface area contributed by atoms with Gasteiger partial charge in [0.2, 0.25) is 17.7 Å². The van der Waals surface area contributed by atoms with E-state index in [0.29, 0.717) is 5.69 Å². The second kappa shape index (κ2) is 8.89. The van der Waals surface area contributed by atoms with Crippen molar-refractivity contribution in [2.24, 2.45) is 29.6 Å². The number of nitrogens with one attached hydrogen (secondary N) is 2. The number of thioether (sulfide) groups is 1. The van der Waals surface area contributed by atoms with Crippen molar-refractivity contribution in [1.29, 1.82) is 0 Å². The van der Waals surface area contributed by atoms with Crippen LogP contribution in [0, 0.1) is 42.3 Å². The first-order chi connectivity index (χ1) is 18.7. The van der Waals surface area contributed by atoms with E-state index in [9.17, 15) is 23.6 Å². The molecule has 2 bridgehead atoms. The molecule has 8 unspecified atom stereocenters. The molecule has 3 amide bonds. The summed E-state index contributed by atoms with van der Waals surface area (Å²) < 4.78 is 13.8. The highest BCUT2D eigenvalue weighted by Gasteiger charge is 2.70. The minimum absolute atomic E-state index is 0.0269. The maximum Gasteiger partial charge on any atom is 0.305 e. The Labute approximate surface area is 232 Å². The molecular weight excluding hydrogens is 537 g/mol. The Hall–Kier alpha value is -3.24. The molecule has 8 atom stereocenters. The van der Waals surface area contributed by atoms with Crippen molar-refractivity contribution in [3.8, 4) is 0 Å². The summed E-state index contributed by atoms with van der Waals surface area (Å²) >= 11 is 2.77. The number of anilines is 1. The highest BCUT2D eigenvalue weighted by molar-refractivity contribution is 8.00. The largest absolute Gasteiger partial charge is 0.324 e. The Morgan fingerprint density at radius 1 is 1.03 bits per heavy atom. The van der Waals surface area contributed by atoms with Gasteiger partial charge in [-0.15, -0.1) is 11.8 Å². The highest BCUT2D eigenvalue weighted by Crippen LogP contribution is 2.68. The number of H-pyrrole nitrogens is 1. The number of hydrogen-bond donors (Lipinski definition) is 2. The van der Waals surface area contributed by atoms with E-state index >= 15 is 0 Å². The summed E-state index contributed by atoms with van der Waals surface area (Å²) in [6, 6.07) is 12.8. The van der Waals surface area contributed by atoms with Gasteiger partial charge in [-0.3, -0.25) is 24.1 Å². The Morgan fingerprint density at radius 2 is 1.69 bits per heavy atom. The van der Waals surface area contributed by atoms with Gasteiger partial charge in [0.15, 0.2) is 0 Å². The number of nitrogens with zero attached hydrogens (tertiary/aromatic N) is 1. The summed E-state index contributed by atoms with van der Waals surface area (Å²) in [6.45, 7) is 3.56. The number of thiazole rings is 1. The van der Waals surface area contributed by atoms with Crippen LogP contribution in [0.3, 0.4) is 0 Å². The lowest BCUT2D eigenvalue weighted by molar-refractivity contribution is -0.146. The van der Waals surface area contributed by atoms with Crippen molar-refractivity contribution < 1.29 is 18.8 Å². The fraction of sp³-hybridized carbons (Fsp3) is 0.379. The minimum Gasteiger partial charge on any atom is -0.324 e. The molecular formula is C29H26FN3O4S2. The fourth-order valence-electron chi connectivity index (χ4n) is 7.47. The van der Waals surface area contributed by atoms with Crippen LogP contribution in [0.2, 0.25) is 0 Å². The molecule has 200 valence electrons. The monoisotopic (exact) mass is 563 g/mol. The molecule has 7 rings (SSSR count). The molecule has 1 saturated heterocycles. The summed E-state index contributed by atoms with van der Waals surface area (Å²) in [5.74, 6) is -2.47. The average molecular weight is 564 g/mol. The van der Waals surface area contributed by atoms with E-state index in [1.54, 1.807) is 43.0 Å². The van der Waals surface area contributed by atoms with Gasteiger partial charge in [0.1, 0.15) is 11.9 Å². The quantitative estimate of drug-likeness (QED) is 0.459. The van der Waals surface area contributed by atoms with Crippen molar-refractivity contribution in [2.75, 3.05) is 5.32 Å². The summed E-state index contributed by atoms with van der Waals surface area (Å²) in [5.41, 5.74) is 2.58. The van der Waals surface area contributed by atoms with Crippen LogP contribution in [-0.2, 0) is 14.4 Å². The molecule has 3 aromatic rings. The number of aromatic nitrogens is 1. The van der Waals surface area contributed by atoms with Gasteiger partial charge in [-0.25, -0.2) is 4.39 Å². The summed E-state index contributed by atoms with van der Waals surface area (Å²) in [7, 11) is 0. The number of carbonyl (C=O) groups is 3. The number of aromatic amines is 1. The van der Waals surface area contributed by atoms with Crippen molar-refractivity contribution in [1.82, 2.24) is 9.88 Å². The zero-order chi connectivity index (χ0) is 27.2. The van der Waals surface area contributed by atoms with E-state index in [4.69, 9.17) is 0 Å². The molecule has 2 saturated carbocycles. The number of hydrogen-bond acceptors (Lipinski definition) is 6. The van der Waals surface area contributed by atoms with Crippen molar-refractivity contribution in [3.05, 3.63) is 80.0 Å². The first-order valence-electron chi connectivity index (χ1n) is 13.1. The van der Waals surface area contributed by atoms with Crippen LogP contribution in [0.25, 0.3) is 0 Å². The van der Waals surface area contributed by atoms with Crippen LogP contribution in [0.1, 0.15) is 35.3 Å². The second-order valence-electron chi connectivity index (χ2n) is 11.1. The number of aryl methyl sites for hydroxylation is 1. The van der Waals surface area contributed by atoms with E-state index in [1.807, 2.05) is 19.1 Å². The second-order valence-corrected chi connectivity index (χ2v) is 13.3. The van der Waals surface area contributed by atoms with Gasteiger partial charge in [0, 0.05) is 21.7 Å². The maximum absolute atomic E-state index is 13.9. The number of likely N-dealkylation sites (tertiary alicyclic amines) is 1. The van der Waals surface area contributed by atoms with Gasteiger partial charge in [-0.2, -0.15) is 0 Å². The van der Waals surface area contributed by atoms with Crippen LogP contribution in [0.4, 0.5) is 10.1 Å². The molecule has 4 aliphatic rings. The van der Waals surface area contributed by atoms with Gasteiger partial charge in [-0.1, -0.05) is 41.2 Å². The molecule has 3 heterocycles. The summed E-state index contributed by atoms with van der Waals surface area (Å²) in [6.07, 6.45) is 0.754. The van der Waals surface area contributed by atoms with Crippen LogP contribution in [-0.4, -0.2) is 38.9 Å². The van der Waals surface area contributed by atoms with Crippen LogP contribution >= 0.6 is 23.1 Å². The number of amides is 3. The maximum atomic E-state index is 13.9. The summed E-state index contributed by atoms with van der Waals surface area (Å²) in [4.78, 5) is 58.0. The molecule has 2 N–H and O–H groups in total. The van der Waals surface area contributed by atoms with Gasteiger partial charge in [-0.05, 0) is 67.9 Å². The summed E-state index contributed by atoms with van der Waals surface area (Å²) in [5, 5.41) is 3.68. The molecule has 0 spiro atoms. The average Bonchev–Trinajstić information content (AvgIpc) is 3.64. The lowest BCUT2D eigenvalue weighted by Crippen LogP contribution is -2.46. The zero-order valence-electron chi connectivity index (χ0n) is 21.2. The Morgan fingerprint density at radius 3 is 2.38 bits per heavy atom. The van der Waals surface area contributed by atoms with E-state index < -0.39 is 23.8 Å². The third-order valence-corrected chi connectivity index (χ3v) is 11.7. The third-order valence-electron chi connectivity index (χ3n) is 9.07. The topological polar surface area (TPSA) is 99.3 Å². The Balaban J connectivity index is 1.21. The molecule has 0 radical (unpaired) electrons. The molecule has 2 aromatic carbocycles. The molecule has 39 heavy (non-hydrogen) atoms. The van der Waals surface area contributed by atoms with Crippen molar-refractivity contribution in [2.45, 2.75) is 42.5 Å². The molecule has 2 aliphatic heterocycles. The van der Waals surface area contributed by atoms with Gasteiger partial charge >= 0.3 is 4.87 Å². The number of halogens is 1. The van der Waals surface area contributed by atoms with Crippen LogP contribution in [0.15, 0.2) is 58.4 Å². The minimum atomic E-state index is -0.933. The van der Waals surface area contributed by atoms with Crippen molar-refractivity contribution in [3.63, 3.8) is 0 Å². The Kier molecular flexibility index (Phi) is 5.65. The molecule has 3 fully saturated rings. The number of fused-ring (bicyclic) bond motifs is 9. The van der Waals surface area contributed by atoms with E-state index in [1.165, 1.54) is 28.4 Å². The molecule has 10 heteroatoms. The van der Waals surface area contributed by atoms with Gasteiger partial charge in [0.25, 0.3) is 0 Å². The first-order valence-corrected chi connectivity index (χ1v) is 14.8. The third kappa shape index (κ3) is 3.67. The number of benzene rings is 2. The van der Waals surface area contributed by atoms with E-state index in [0.717, 1.165) is 27.5 Å². The number of carbonyl (C=O) groups excluding carboxylic acids is 3. The smallest absolute Gasteiger partial charge is 0.305 e. The zero-order valence-corrected chi connectivity index (χ0v) is 22.9. The lowest BCUT2D eigenvalue weighted by atomic mass is 9.68. The van der Waals surface area contributed by atoms with E-state index in [2.05, 4.69) is 10.3 Å². The number of imide groups is 1. The SMILES string of the molecule is Cc1ccc(NC(=O)C(C)N2C(=O)C3C4CC(C3C2=O)C2C(c3ccc(F)cc3)c3sc(=O)[nH]c3SC42)cc1. The lowest BCUT2D eigenvalue weighted by Gasteiger charge is -2.43.